The summed E-state index contributed by atoms with van der Waals surface area (Å²) in [5.41, 5.74) is 7.53. The van der Waals surface area contributed by atoms with Crippen LogP contribution in [-0.4, -0.2) is 49.4 Å². The molecular formula is C28H27N7. The summed E-state index contributed by atoms with van der Waals surface area (Å²) in [6.07, 6.45) is 8.38. The predicted octanol–water partition coefficient (Wildman–Crippen LogP) is 5.54. The fourth-order valence-corrected chi connectivity index (χ4v) is 5.18. The van der Waals surface area contributed by atoms with Crippen LogP contribution in [0, 0.1) is 12.5 Å². The van der Waals surface area contributed by atoms with Gasteiger partial charge in [-0.2, -0.15) is 5.10 Å². The number of rotatable bonds is 4. The van der Waals surface area contributed by atoms with Gasteiger partial charge in [0.25, 0.3) is 0 Å². The van der Waals surface area contributed by atoms with E-state index >= 15 is 0 Å². The summed E-state index contributed by atoms with van der Waals surface area (Å²) in [6.45, 7) is 10.6. The van der Waals surface area contributed by atoms with E-state index in [0.717, 1.165) is 64.0 Å². The maximum Gasteiger partial charge on any atom is 0.187 e. The average molecular weight is 462 g/mol. The van der Waals surface area contributed by atoms with Crippen molar-refractivity contribution in [2.45, 2.75) is 19.4 Å². The molecule has 3 aromatic heterocycles. The largest absolute Gasteiger partial charge is 0.329 e. The fraction of sp³-hybridized carbons (Fsp3) is 0.286. The highest BCUT2D eigenvalue weighted by atomic mass is 15.2. The van der Waals surface area contributed by atoms with Crippen LogP contribution in [-0.2, 0) is 13.6 Å². The van der Waals surface area contributed by atoms with Gasteiger partial charge in [-0.15, -0.1) is 0 Å². The van der Waals surface area contributed by atoms with E-state index in [1.165, 1.54) is 12.8 Å². The quantitative estimate of drug-likeness (QED) is 0.330. The van der Waals surface area contributed by atoms with Crippen molar-refractivity contribution in [3.8, 4) is 22.4 Å². The van der Waals surface area contributed by atoms with Gasteiger partial charge in [0.1, 0.15) is 5.52 Å². The molecular weight excluding hydrogens is 434 g/mol. The first kappa shape index (κ1) is 21.5. The molecule has 1 aliphatic heterocycles. The third-order valence-electron chi connectivity index (χ3n) is 7.14. The minimum absolute atomic E-state index is 0.625. The molecule has 174 valence electrons. The number of hydrogen-bond acceptors (Lipinski definition) is 4. The van der Waals surface area contributed by atoms with Crippen molar-refractivity contribution in [1.29, 1.82) is 0 Å². The first-order valence-corrected chi connectivity index (χ1v) is 12.0. The van der Waals surface area contributed by atoms with Gasteiger partial charge in [-0.1, -0.05) is 30.3 Å². The molecule has 6 rings (SSSR count). The Bertz CT molecular complexity index is 1560. The third-order valence-corrected chi connectivity index (χ3v) is 7.14. The van der Waals surface area contributed by atoms with Crippen molar-refractivity contribution in [3.63, 3.8) is 0 Å². The second kappa shape index (κ2) is 8.64. The number of aromatic nitrogens is 5. The summed E-state index contributed by atoms with van der Waals surface area (Å²) >= 11 is 0. The SMILES string of the molecule is [C-]#[N+]c1ccc(-c2c(-c3ccc4nn(C)cc4c3)ncc3c2ncn3CC2CCN(C)CC2)cc1. The minimum atomic E-state index is 0.625. The monoisotopic (exact) mass is 461 g/mol. The predicted molar refractivity (Wildman–Crippen MR) is 139 cm³/mol. The molecule has 0 amide bonds. The normalized spacial score (nSPS) is 15.1. The zero-order chi connectivity index (χ0) is 23.9. The molecule has 5 aromatic rings. The highest BCUT2D eigenvalue weighted by Gasteiger charge is 2.21. The summed E-state index contributed by atoms with van der Waals surface area (Å²) in [4.78, 5) is 15.9. The number of fused-ring (bicyclic) bond motifs is 2. The van der Waals surface area contributed by atoms with Crippen LogP contribution in [0.25, 0.3) is 49.2 Å². The van der Waals surface area contributed by atoms with Crippen molar-refractivity contribution in [3.05, 3.63) is 72.6 Å². The van der Waals surface area contributed by atoms with Gasteiger partial charge in [-0.25, -0.2) is 9.83 Å². The van der Waals surface area contributed by atoms with E-state index in [2.05, 4.69) is 38.6 Å². The molecule has 0 atom stereocenters. The molecule has 7 heteroatoms. The standard InChI is InChI=1S/C28H27N7/c1-29-23-7-4-20(5-8-23)26-27(21-6-9-24-22(14-21)17-34(3)32-24)30-15-25-28(26)31-18-35(25)16-19-10-12-33(2)13-11-19/h4-9,14-15,17-19H,10-13,16H2,2-3H3. The fourth-order valence-electron chi connectivity index (χ4n) is 5.18. The lowest BCUT2D eigenvalue weighted by Gasteiger charge is -2.29. The first-order chi connectivity index (χ1) is 17.1. The van der Waals surface area contributed by atoms with Crippen LogP contribution in [0.4, 0.5) is 5.69 Å². The Balaban J connectivity index is 1.49. The van der Waals surface area contributed by atoms with Gasteiger partial charge in [0.15, 0.2) is 5.69 Å². The Kier molecular flexibility index (Phi) is 5.31. The summed E-state index contributed by atoms with van der Waals surface area (Å²) in [7, 11) is 4.13. The second-order valence-corrected chi connectivity index (χ2v) is 9.59. The molecule has 0 radical (unpaired) electrons. The summed E-state index contributed by atoms with van der Waals surface area (Å²) in [6, 6.07) is 14.0. The molecule has 0 saturated carbocycles. The van der Waals surface area contributed by atoms with Crippen molar-refractivity contribution < 1.29 is 0 Å². The van der Waals surface area contributed by atoms with Crippen LogP contribution >= 0.6 is 0 Å². The minimum Gasteiger partial charge on any atom is -0.329 e. The number of piperidine rings is 1. The summed E-state index contributed by atoms with van der Waals surface area (Å²) in [5.74, 6) is 0.651. The van der Waals surface area contributed by atoms with E-state index in [0.29, 0.717) is 11.6 Å². The number of imidazole rings is 1. The smallest absolute Gasteiger partial charge is 0.187 e. The number of nitrogens with zero attached hydrogens (tertiary/aromatic N) is 7. The Morgan fingerprint density at radius 1 is 1.00 bits per heavy atom. The van der Waals surface area contributed by atoms with E-state index in [-0.39, 0.29) is 0 Å². The lowest BCUT2D eigenvalue weighted by molar-refractivity contribution is 0.206. The summed E-state index contributed by atoms with van der Waals surface area (Å²) in [5, 5.41) is 5.59. The van der Waals surface area contributed by atoms with Crippen molar-refractivity contribution in [1.82, 2.24) is 29.2 Å². The van der Waals surface area contributed by atoms with E-state index in [9.17, 15) is 0 Å². The van der Waals surface area contributed by atoms with Crippen LogP contribution in [0.1, 0.15) is 12.8 Å². The number of pyridine rings is 1. The number of benzene rings is 2. The molecule has 35 heavy (non-hydrogen) atoms. The topological polar surface area (TPSA) is 56.1 Å². The van der Waals surface area contributed by atoms with E-state index in [4.69, 9.17) is 16.5 Å². The number of likely N-dealkylation sites (tertiary alicyclic amines) is 1. The molecule has 1 fully saturated rings. The molecule has 0 N–H and O–H groups in total. The van der Waals surface area contributed by atoms with Gasteiger partial charge in [0, 0.05) is 36.3 Å². The first-order valence-electron chi connectivity index (χ1n) is 12.0. The molecule has 7 nitrogen and oxygen atoms in total. The van der Waals surface area contributed by atoms with Crippen LogP contribution in [0.15, 0.2) is 61.2 Å². The number of aryl methyl sites for hydroxylation is 1. The Morgan fingerprint density at radius 3 is 2.54 bits per heavy atom. The van der Waals surface area contributed by atoms with E-state index < -0.39 is 0 Å². The van der Waals surface area contributed by atoms with Gasteiger partial charge in [-0.05, 0) is 56.6 Å². The Labute approximate surface area is 204 Å². The van der Waals surface area contributed by atoms with E-state index in [1.54, 1.807) is 0 Å². The molecule has 0 unspecified atom stereocenters. The van der Waals surface area contributed by atoms with Crippen LogP contribution in [0.5, 0.6) is 0 Å². The van der Waals surface area contributed by atoms with Crippen molar-refractivity contribution in [2.24, 2.45) is 13.0 Å². The highest BCUT2D eigenvalue weighted by Crippen LogP contribution is 2.37. The molecule has 1 saturated heterocycles. The van der Waals surface area contributed by atoms with Gasteiger partial charge in [-0.3, -0.25) is 9.67 Å². The lowest BCUT2D eigenvalue weighted by atomic mass is 9.96. The van der Waals surface area contributed by atoms with E-state index in [1.807, 2.05) is 60.8 Å². The Hall–Kier alpha value is -4.02. The zero-order valence-electron chi connectivity index (χ0n) is 20.0. The average Bonchev–Trinajstić information content (AvgIpc) is 3.46. The van der Waals surface area contributed by atoms with Crippen LogP contribution in [0.2, 0.25) is 0 Å². The molecule has 4 heterocycles. The van der Waals surface area contributed by atoms with Crippen molar-refractivity contribution >= 4 is 27.6 Å². The lowest BCUT2D eigenvalue weighted by Crippen LogP contribution is -2.31. The Morgan fingerprint density at radius 2 is 1.77 bits per heavy atom. The van der Waals surface area contributed by atoms with Crippen LogP contribution < -0.4 is 0 Å². The molecule has 1 aliphatic rings. The molecule has 0 aliphatic carbocycles. The molecule has 0 spiro atoms. The third kappa shape index (κ3) is 3.96. The van der Waals surface area contributed by atoms with Gasteiger partial charge < -0.3 is 9.47 Å². The zero-order valence-corrected chi connectivity index (χ0v) is 20.0. The number of hydrogen-bond donors (Lipinski definition) is 0. The second-order valence-electron chi connectivity index (χ2n) is 9.59. The van der Waals surface area contributed by atoms with Crippen LogP contribution in [0.3, 0.4) is 0 Å². The molecule has 2 aromatic carbocycles. The van der Waals surface area contributed by atoms with Gasteiger partial charge in [0.2, 0.25) is 0 Å². The molecule has 0 bridgehead atoms. The summed E-state index contributed by atoms with van der Waals surface area (Å²) < 4.78 is 4.10. The maximum atomic E-state index is 7.33. The van der Waals surface area contributed by atoms with Gasteiger partial charge >= 0.3 is 0 Å². The maximum absolute atomic E-state index is 7.33. The highest BCUT2D eigenvalue weighted by molar-refractivity contribution is 6.00. The van der Waals surface area contributed by atoms with Gasteiger partial charge in [0.05, 0.1) is 35.8 Å². The van der Waals surface area contributed by atoms with Crippen molar-refractivity contribution in [2.75, 3.05) is 20.1 Å².